The van der Waals surface area contributed by atoms with Crippen LogP contribution in [0.2, 0.25) is 0 Å². The van der Waals surface area contributed by atoms with Crippen LogP contribution in [0, 0.1) is 0 Å². The molecule has 5 heteroatoms. The minimum absolute atomic E-state index is 0. The van der Waals surface area contributed by atoms with Crippen molar-refractivity contribution in [3.63, 3.8) is 0 Å². The van der Waals surface area contributed by atoms with Crippen LogP contribution in [0.25, 0.3) is 0 Å². The molecule has 2 N–H and O–H groups in total. The van der Waals surface area contributed by atoms with E-state index >= 15 is 0 Å². The molecule has 0 radical (unpaired) electrons. The van der Waals surface area contributed by atoms with Crippen molar-refractivity contribution in [1.29, 1.82) is 0 Å². The number of hydrogen-bond acceptors (Lipinski definition) is 4. The quantitative estimate of drug-likeness (QED) is 0.789. The van der Waals surface area contributed by atoms with Crippen molar-refractivity contribution >= 4 is 29.9 Å². The van der Waals surface area contributed by atoms with E-state index < -0.39 is 5.60 Å². The molecule has 1 heterocycles. The van der Waals surface area contributed by atoms with Crippen molar-refractivity contribution in [3.8, 4) is 0 Å². The SMILES string of the molecule is CN1CCN=C1NCCC(C)(O)c1ccccc1.I. The molecular formula is C14H22IN3O. The minimum Gasteiger partial charge on any atom is -0.385 e. The molecule has 1 unspecified atom stereocenters. The zero-order valence-electron chi connectivity index (χ0n) is 11.5. The molecule has 106 valence electrons. The number of guanidine groups is 1. The van der Waals surface area contributed by atoms with Gasteiger partial charge >= 0.3 is 0 Å². The molecule has 1 aromatic rings. The van der Waals surface area contributed by atoms with E-state index in [1.54, 1.807) is 0 Å². The summed E-state index contributed by atoms with van der Waals surface area (Å²) in [6, 6.07) is 9.77. The first-order chi connectivity index (χ1) is 8.59. The Kier molecular flexibility index (Phi) is 6.06. The summed E-state index contributed by atoms with van der Waals surface area (Å²) in [6.07, 6.45) is 0.657. The predicted octanol–water partition coefficient (Wildman–Crippen LogP) is 1.79. The number of rotatable bonds is 4. The van der Waals surface area contributed by atoms with Gasteiger partial charge in [-0.2, -0.15) is 0 Å². The topological polar surface area (TPSA) is 47.9 Å². The maximum Gasteiger partial charge on any atom is 0.193 e. The molecule has 19 heavy (non-hydrogen) atoms. The number of likely N-dealkylation sites (N-methyl/N-ethyl adjacent to an activating group) is 1. The lowest BCUT2D eigenvalue weighted by molar-refractivity contribution is 0.0491. The van der Waals surface area contributed by atoms with E-state index in [0.717, 1.165) is 24.6 Å². The Labute approximate surface area is 131 Å². The predicted molar refractivity (Wildman–Crippen MR) is 89.0 cm³/mol. The highest BCUT2D eigenvalue weighted by molar-refractivity contribution is 14.0. The first-order valence-corrected chi connectivity index (χ1v) is 6.37. The second kappa shape index (κ2) is 7.09. The van der Waals surface area contributed by atoms with Crippen molar-refractivity contribution < 1.29 is 5.11 Å². The molecule has 1 aliphatic rings. The number of benzene rings is 1. The number of hydrogen-bond donors (Lipinski definition) is 2. The lowest BCUT2D eigenvalue weighted by Crippen LogP contribution is -2.38. The van der Waals surface area contributed by atoms with Crippen LogP contribution in [-0.2, 0) is 5.60 Å². The molecule has 1 aromatic carbocycles. The highest BCUT2D eigenvalue weighted by atomic mass is 127. The van der Waals surface area contributed by atoms with Crippen molar-refractivity contribution in [3.05, 3.63) is 35.9 Å². The van der Waals surface area contributed by atoms with Crippen LogP contribution >= 0.6 is 24.0 Å². The molecule has 0 aromatic heterocycles. The van der Waals surface area contributed by atoms with Crippen LogP contribution < -0.4 is 5.32 Å². The van der Waals surface area contributed by atoms with Crippen LogP contribution in [0.5, 0.6) is 0 Å². The van der Waals surface area contributed by atoms with E-state index in [0.29, 0.717) is 13.0 Å². The van der Waals surface area contributed by atoms with E-state index in [-0.39, 0.29) is 24.0 Å². The zero-order chi connectivity index (χ0) is 13.0. The van der Waals surface area contributed by atoms with E-state index in [1.165, 1.54) is 0 Å². The Morgan fingerprint density at radius 1 is 1.37 bits per heavy atom. The summed E-state index contributed by atoms with van der Waals surface area (Å²) < 4.78 is 0. The summed E-state index contributed by atoms with van der Waals surface area (Å²) in [6.45, 7) is 4.39. The minimum atomic E-state index is -0.800. The van der Waals surface area contributed by atoms with Gasteiger partial charge in [-0.1, -0.05) is 30.3 Å². The standard InChI is InChI=1S/C14H21N3O.HI/c1-14(18,12-6-4-3-5-7-12)8-9-15-13-16-10-11-17(13)2;/h3-7,18H,8-11H2,1-2H3,(H,15,16);1H. The summed E-state index contributed by atoms with van der Waals surface area (Å²) in [7, 11) is 2.02. The van der Waals surface area contributed by atoms with E-state index in [4.69, 9.17) is 0 Å². The largest absolute Gasteiger partial charge is 0.385 e. The second-order valence-corrected chi connectivity index (χ2v) is 4.94. The molecule has 0 saturated heterocycles. The Balaban J connectivity index is 0.00000180. The summed E-state index contributed by atoms with van der Waals surface area (Å²) in [5, 5.41) is 13.7. The third-order valence-electron chi connectivity index (χ3n) is 3.35. The van der Waals surface area contributed by atoms with Crippen LogP contribution in [0.1, 0.15) is 18.9 Å². The molecular weight excluding hydrogens is 353 g/mol. The fourth-order valence-corrected chi connectivity index (χ4v) is 2.08. The van der Waals surface area contributed by atoms with Gasteiger partial charge in [0.25, 0.3) is 0 Å². The number of aliphatic hydroxyl groups is 1. The Morgan fingerprint density at radius 2 is 2.05 bits per heavy atom. The van der Waals surface area contributed by atoms with E-state index in [1.807, 2.05) is 44.3 Å². The molecule has 0 fully saturated rings. The molecule has 4 nitrogen and oxygen atoms in total. The summed E-state index contributed by atoms with van der Waals surface area (Å²) in [5.74, 6) is 0.930. The number of aliphatic imine (C=N–C) groups is 1. The Morgan fingerprint density at radius 3 is 2.63 bits per heavy atom. The molecule has 0 bridgehead atoms. The van der Waals surface area contributed by atoms with Gasteiger partial charge in [0.05, 0.1) is 12.1 Å². The highest BCUT2D eigenvalue weighted by Gasteiger charge is 2.22. The molecule has 0 aliphatic carbocycles. The van der Waals surface area contributed by atoms with Gasteiger partial charge in [-0.15, -0.1) is 24.0 Å². The van der Waals surface area contributed by atoms with Gasteiger partial charge in [-0.05, 0) is 18.9 Å². The monoisotopic (exact) mass is 375 g/mol. The third kappa shape index (κ3) is 4.35. The average Bonchev–Trinajstić information content (AvgIpc) is 2.76. The van der Waals surface area contributed by atoms with E-state index in [9.17, 15) is 5.11 Å². The van der Waals surface area contributed by atoms with E-state index in [2.05, 4.69) is 15.2 Å². The van der Waals surface area contributed by atoms with Crippen molar-refractivity contribution in [2.75, 3.05) is 26.7 Å². The Bertz CT molecular complexity index is 420. The number of nitrogens with one attached hydrogen (secondary N) is 1. The fraction of sp³-hybridized carbons (Fsp3) is 0.500. The van der Waals surface area contributed by atoms with Gasteiger partial charge in [0, 0.05) is 20.1 Å². The number of nitrogens with zero attached hydrogens (tertiary/aromatic N) is 2. The molecule has 0 saturated carbocycles. The van der Waals surface area contributed by atoms with Crippen molar-refractivity contribution in [2.45, 2.75) is 18.9 Å². The average molecular weight is 375 g/mol. The first-order valence-electron chi connectivity index (χ1n) is 6.37. The first kappa shape index (κ1) is 16.2. The Hall–Kier alpha value is -0.820. The summed E-state index contributed by atoms with van der Waals surface area (Å²) in [4.78, 5) is 6.45. The maximum absolute atomic E-state index is 10.4. The normalized spacial score (nSPS) is 17.4. The van der Waals surface area contributed by atoms with Gasteiger partial charge in [0.15, 0.2) is 5.96 Å². The van der Waals surface area contributed by atoms with Crippen molar-refractivity contribution in [1.82, 2.24) is 10.2 Å². The van der Waals surface area contributed by atoms with Crippen molar-refractivity contribution in [2.24, 2.45) is 4.99 Å². The summed E-state index contributed by atoms with van der Waals surface area (Å²) in [5.41, 5.74) is 0.153. The summed E-state index contributed by atoms with van der Waals surface area (Å²) >= 11 is 0. The molecule has 1 atom stereocenters. The van der Waals surface area contributed by atoms with Gasteiger partial charge in [0.1, 0.15) is 0 Å². The smallest absolute Gasteiger partial charge is 0.193 e. The molecule has 0 amide bonds. The molecule has 1 aliphatic heterocycles. The van der Waals surface area contributed by atoms with Gasteiger partial charge in [0.2, 0.25) is 0 Å². The lowest BCUT2D eigenvalue weighted by atomic mass is 9.93. The van der Waals surface area contributed by atoms with Crippen LogP contribution in [0.4, 0.5) is 0 Å². The third-order valence-corrected chi connectivity index (χ3v) is 3.35. The van der Waals surface area contributed by atoms with Crippen LogP contribution in [0.15, 0.2) is 35.3 Å². The highest BCUT2D eigenvalue weighted by Crippen LogP contribution is 2.23. The molecule has 0 spiro atoms. The van der Waals surface area contributed by atoms with Crippen LogP contribution in [-0.4, -0.2) is 42.6 Å². The fourth-order valence-electron chi connectivity index (χ4n) is 2.08. The van der Waals surface area contributed by atoms with Gasteiger partial charge in [-0.25, -0.2) is 0 Å². The molecule has 2 rings (SSSR count). The van der Waals surface area contributed by atoms with Gasteiger partial charge < -0.3 is 15.3 Å². The van der Waals surface area contributed by atoms with Crippen LogP contribution in [0.3, 0.4) is 0 Å². The maximum atomic E-state index is 10.4. The zero-order valence-corrected chi connectivity index (χ0v) is 13.8. The second-order valence-electron chi connectivity index (χ2n) is 4.94. The number of halogens is 1. The lowest BCUT2D eigenvalue weighted by Gasteiger charge is -2.25. The van der Waals surface area contributed by atoms with Gasteiger partial charge in [-0.3, -0.25) is 4.99 Å².